The molecule has 0 saturated carbocycles. The van der Waals surface area contributed by atoms with Crippen LogP contribution in [0, 0.1) is 11.3 Å². The highest BCUT2D eigenvalue weighted by Crippen LogP contribution is 2.15. The van der Waals surface area contributed by atoms with Crippen molar-refractivity contribution in [2.24, 2.45) is 0 Å². The Morgan fingerprint density at radius 3 is 2.36 bits per heavy atom. The fraction of sp³-hybridized carbons (Fsp3) is 0.200. The Bertz CT molecular complexity index is 774. The van der Waals surface area contributed by atoms with Crippen molar-refractivity contribution in [3.8, 4) is 6.07 Å². The van der Waals surface area contributed by atoms with Crippen LogP contribution in [0.5, 0.6) is 0 Å². The summed E-state index contributed by atoms with van der Waals surface area (Å²) in [5, 5.41) is 14.9. The lowest BCUT2D eigenvalue weighted by Crippen LogP contribution is -2.14. The maximum absolute atomic E-state index is 12.2. The zero-order chi connectivity index (χ0) is 18.1. The van der Waals surface area contributed by atoms with E-state index in [1.165, 1.54) is 24.6 Å². The summed E-state index contributed by atoms with van der Waals surface area (Å²) in [6.45, 7) is 2.17. The van der Waals surface area contributed by atoms with E-state index in [2.05, 4.69) is 45.6 Å². The fourth-order valence-corrected chi connectivity index (χ4v) is 2.45. The predicted octanol–water partition coefficient (Wildman–Crippen LogP) is 5.25. The number of nitrogens with zero attached hydrogens (tertiary/aromatic N) is 1. The number of nitriles is 1. The number of hydrogen-bond acceptors (Lipinski definition) is 3. The molecule has 0 saturated heterocycles. The second-order valence-corrected chi connectivity index (χ2v) is 6.49. The predicted molar refractivity (Wildman–Crippen MR) is 105 cm³/mol. The maximum Gasteiger partial charge on any atom is 0.267 e. The number of amides is 1. The van der Waals surface area contributed by atoms with Gasteiger partial charge in [0.1, 0.15) is 11.6 Å². The Balaban J connectivity index is 1.98. The molecule has 0 aliphatic heterocycles. The molecule has 0 fully saturated rings. The number of benzene rings is 2. The molecule has 0 unspecified atom stereocenters. The molecular weight excluding hydrogens is 378 g/mol. The molecule has 0 atom stereocenters. The molecular formula is C20H20BrN3O. The third-order valence-corrected chi connectivity index (χ3v) is 4.15. The van der Waals surface area contributed by atoms with Crippen LogP contribution in [0.15, 0.2) is 64.8 Å². The quantitative estimate of drug-likeness (QED) is 0.495. The number of aryl methyl sites for hydroxylation is 1. The number of carbonyl (C=O) groups is 1. The molecule has 2 rings (SSSR count). The van der Waals surface area contributed by atoms with Gasteiger partial charge in [-0.3, -0.25) is 4.79 Å². The summed E-state index contributed by atoms with van der Waals surface area (Å²) in [7, 11) is 0. The third-order valence-electron chi connectivity index (χ3n) is 3.62. The summed E-state index contributed by atoms with van der Waals surface area (Å²) in [6, 6.07) is 17.1. The Morgan fingerprint density at radius 2 is 1.76 bits per heavy atom. The summed E-state index contributed by atoms with van der Waals surface area (Å²) >= 11 is 3.34. The zero-order valence-electron chi connectivity index (χ0n) is 14.1. The van der Waals surface area contributed by atoms with Gasteiger partial charge < -0.3 is 10.6 Å². The van der Waals surface area contributed by atoms with Gasteiger partial charge in [0.2, 0.25) is 0 Å². The Labute approximate surface area is 156 Å². The number of hydrogen-bond donors (Lipinski definition) is 2. The van der Waals surface area contributed by atoms with Crippen LogP contribution < -0.4 is 10.6 Å². The van der Waals surface area contributed by atoms with Crippen LogP contribution in [-0.2, 0) is 11.2 Å². The summed E-state index contributed by atoms with van der Waals surface area (Å²) in [5.41, 5.74) is 2.77. The van der Waals surface area contributed by atoms with E-state index in [4.69, 9.17) is 0 Å². The maximum atomic E-state index is 12.2. The molecule has 2 aromatic rings. The summed E-state index contributed by atoms with van der Waals surface area (Å²) in [5.74, 6) is -0.447. The van der Waals surface area contributed by atoms with E-state index >= 15 is 0 Å². The fourth-order valence-electron chi connectivity index (χ4n) is 2.18. The third kappa shape index (κ3) is 6.09. The van der Waals surface area contributed by atoms with E-state index in [0.29, 0.717) is 5.69 Å². The first kappa shape index (κ1) is 18.8. The molecule has 2 N–H and O–H groups in total. The molecule has 2 aromatic carbocycles. The Hall–Kier alpha value is -2.58. The van der Waals surface area contributed by atoms with Gasteiger partial charge in [0.25, 0.3) is 5.91 Å². The number of halogens is 1. The lowest BCUT2D eigenvalue weighted by molar-refractivity contribution is -0.112. The Morgan fingerprint density at radius 1 is 1.12 bits per heavy atom. The van der Waals surface area contributed by atoms with Gasteiger partial charge in [-0.1, -0.05) is 41.4 Å². The molecule has 4 nitrogen and oxygen atoms in total. The van der Waals surface area contributed by atoms with E-state index in [1.807, 2.05) is 30.3 Å². The summed E-state index contributed by atoms with van der Waals surface area (Å²) in [6.07, 6.45) is 4.82. The van der Waals surface area contributed by atoms with Crippen LogP contribution in [0.25, 0.3) is 0 Å². The van der Waals surface area contributed by atoms with Gasteiger partial charge >= 0.3 is 0 Å². The van der Waals surface area contributed by atoms with Crippen molar-refractivity contribution >= 4 is 33.2 Å². The van der Waals surface area contributed by atoms with E-state index in [1.54, 1.807) is 12.1 Å². The van der Waals surface area contributed by atoms with Gasteiger partial charge in [0.15, 0.2) is 0 Å². The van der Waals surface area contributed by atoms with E-state index < -0.39 is 5.91 Å². The van der Waals surface area contributed by atoms with Gasteiger partial charge in [-0.15, -0.1) is 0 Å². The van der Waals surface area contributed by atoms with Crippen molar-refractivity contribution in [2.75, 3.05) is 10.6 Å². The minimum Gasteiger partial charge on any atom is -0.360 e. The van der Waals surface area contributed by atoms with Crippen molar-refractivity contribution in [1.82, 2.24) is 0 Å². The van der Waals surface area contributed by atoms with Gasteiger partial charge in [0.05, 0.1) is 0 Å². The van der Waals surface area contributed by atoms with E-state index in [-0.39, 0.29) is 5.57 Å². The van der Waals surface area contributed by atoms with Crippen LogP contribution in [-0.4, -0.2) is 5.91 Å². The van der Waals surface area contributed by atoms with Crippen LogP contribution in [0.3, 0.4) is 0 Å². The first-order valence-electron chi connectivity index (χ1n) is 8.15. The molecule has 0 aromatic heterocycles. The first-order valence-corrected chi connectivity index (χ1v) is 8.94. The van der Waals surface area contributed by atoms with Crippen molar-refractivity contribution in [3.05, 3.63) is 70.3 Å². The second-order valence-electron chi connectivity index (χ2n) is 5.58. The molecule has 0 radical (unpaired) electrons. The highest BCUT2D eigenvalue weighted by atomic mass is 79.9. The smallest absolute Gasteiger partial charge is 0.267 e. The van der Waals surface area contributed by atoms with Crippen molar-refractivity contribution < 1.29 is 4.79 Å². The highest BCUT2D eigenvalue weighted by molar-refractivity contribution is 9.10. The minimum absolute atomic E-state index is 0.0120. The topological polar surface area (TPSA) is 64.9 Å². The number of unbranched alkanes of at least 4 members (excludes halogenated alkanes) is 1. The monoisotopic (exact) mass is 397 g/mol. The van der Waals surface area contributed by atoms with Gasteiger partial charge in [0, 0.05) is 22.0 Å². The number of rotatable bonds is 7. The SMILES string of the molecule is CCCCc1ccc(N/C=C(/C#N)C(=O)Nc2ccc(Br)cc2)cc1. The summed E-state index contributed by atoms with van der Waals surface area (Å²) < 4.78 is 0.922. The lowest BCUT2D eigenvalue weighted by Gasteiger charge is -2.06. The average molecular weight is 398 g/mol. The molecule has 25 heavy (non-hydrogen) atoms. The number of carbonyl (C=O) groups excluding carboxylic acids is 1. The van der Waals surface area contributed by atoms with Gasteiger partial charge in [-0.25, -0.2) is 0 Å². The molecule has 0 aliphatic carbocycles. The van der Waals surface area contributed by atoms with Crippen LogP contribution in [0.2, 0.25) is 0 Å². The second kappa shape index (κ2) is 9.65. The minimum atomic E-state index is -0.447. The van der Waals surface area contributed by atoms with Crippen LogP contribution in [0.4, 0.5) is 11.4 Å². The van der Waals surface area contributed by atoms with Gasteiger partial charge in [-0.2, -0.15) is 5.26 Å². The van der Waals surface area contributed by atoms with E-state index in [9.17, 15) is 10.1 Å². The number of nitrogens with one attached hydrogen (secondary N) is 2. The largest absolute Gasteiger partial charge is 0.360 e. The molecule has 0 aliphatic rings. The zero-order valence-corrected chi connectivity index (χ0v) is 15.6. The van der Waals surface area contributed by atoms with Gasteiger partial charge in [-0.05, 0) is 54.8 Å². The highest BCUT2D eigenvalue weighted by Gasteiger charge is 2.09. The molecule has 1 amide bonds. The molecule has 5 heteroatoms. The first-order chi connectivity index (χ1) is 12.1. The number of anilines is 2. The normalized spacial score (nSPS) is 10.8. The molecule has 0 bridgehead atoms. The lowest BCUT2D eigenvalue weighted by atomic mass is 10.1. The molecule has 0 spiro atoms. The molecule has 128 valence electrons. The Kier molecular flexibility index (Phi) is 7.24. The van der Waals surface area contributed by atoms with Crippen molar-refractivity contribution in [1.29, 1.82) is 5.26 Å². The standard InChI is InChI=1S/C20H20BrN3O/c1-2-3-4-15-5-9-18(10-6-15)23-14-16(13-22)20(25)24-19-11-7-17(21)8-12-19/h5-12,14,23H,2-4H2,1H3,(H,24,25)/b16-14-. The van der Waals surface area contributed by atoms with Crippen LogP contribution >= 0.6 is 15.9 Å². The van der Waals surface area contributed by atoms with Crippen molar-refractivity contribution in [3.63, 3.8) is 0 Å². The summed E-state index contributed by atoms with van der Waals surface area (Å²) in [4.78, 5) is 12.2. The van der Waals surface area contributed by atoms with Crippen LogP contribution in [0.1, 0.15) is 25.3 Å². The van der Waals surface area contributed by atoms with E-state index in [0.717, 1.165) is 16.6 Å². The molecule has 0 heterocycles. The average Bonchev–Trinajstić information content (AvgIpc) is 2.63. The van der Waals surface area contributed by atoms with Crippen molar-refractivity contribution in [2.45, 2.75) is 26.2 Å².